The van der Waals surface area contributed by atoms with Gasteiger partial charge >= 0.3 is 0 Å². The molecular weight excluding hydrogens is 388 g/mol. The first kappa shape index (κ1) is 21.7. The summed E-state index contributed by atoms with van der Waals surface area (Å²) in [6, 6.07) is 5.68. The SMILES string of the molecule is Cc1cc(Cl)ccc1OCCN1CCN(C(=O)CCc2c(C)nn(C)c2C)CC1. The molecule has 6 nitrogen and oxygen atoms in total. The van der Waals surface area contributed by atoms with Gasteiger partial charge in [0, 0.05) is 56.9 Å². The van der Waals surface area contributed by atoms with Crippen molar-refractivity contribution in [2.75, 3.05) is 39.3 Å². The minimum atomic E-state index is 0.236. The van der Waals surface area contributed by atoms with Crippen molar-refractivity contribution >= 4 is 17.5 Å². The Bertz CT molecular complexity index is 857. The molecule has 1 saturated heterocycles. The average Bonchev–Trinajstić information content (AvgIpc) is 2.93. The summed E-state index contributed by atoms with van der Waals surface area (Å²) in [5.74, 6) is 1.12. The van der Waals surface area contributed by atoms with Gasteiger partial charge in [0.15, 0.2) is 0 Å². The molecule has 2 aromatic rings. The highest BCUT2D eigenvalue weighted by atomic mass is 35.5. The molecule has 158 valence electrons. The maximum absolute atomic E-state index is 12.6. The van der Waals surface area contributed by atoms with Crippen molar-refractivity contribution in [1.82, 2.24) is 19.6 Å². The van der Waals surface area contributed by atoms with Crippen LogP contribution in [0.1, 0.15) is 28.9 Å². The van der Waals surface area contributed by atoms with E-state index in [4.69, 9.17) is 16.3 Å². The predicted molar refractivity (Wildman–Crippen MR) is 116 cm³/mol. The van der Waals surface area contributed by atoms with E-state index in [2.05, 4.69) is 16.9 Å². The number of amides is 1. The Balaban J connectivity index is 1.39. The van der Waals surface area contributed by atoms with Crippen molar-refractivity contribution in [3.63, 3.8) is 0 Å². The molecule has 0 aliphatic carbocycles. The van der Waals surface area contributed by atoms with E-state index in [0.29, 0.717) is 13.0 Å². The lowest BCUT2D eigenvalue weighted by Gasteiger charge is -2.34. The van der Waals surface area contributed by atoms with E-state index in [1.54, 1.807) is 0 Å². The van der Waals surface area contributed by atoms with Gasteiger partial charge in [-0.25, -0.2) is 0 Å². The van der Waals surface area contributed by atoms with Crippen molar-refractivity contribution in [1.29, 1.82) is 0 Å². The third kappa shape index (κ3) is 5.52. The monoisotopic (exact) mass is 418 g/mol. The van der Waals surface area contributed by atoms with E-state index >= 15 is 0 Å². The fourth-order valence-corrected chi connectivity index (χ4v) is 4.08. The van der Waals surface area contributed by atoms with Gasteiger partial charge in [-0.15, -0.1) is 0 Å². The summed E-state index contributed by atoms with van der Waals surface area (Å²) >= 11 is 5.99. The van der Waals surface area contributed by atoms with Gasteiger partial charge in [-0.2, -0.15) is 5.10 Å². The van der Waals surface area contributed by atoms with Crippen LogP contribution in [0.25, 0.3) is 0 Å². The molecule has 3 rings (SSSR count). The number of halogens is 1. The van der Waals surface area contributed by atoms with Gasteiger partial charge in [-0.1, -0.05) is 11.6 Å². The number of carbonyl (C=O) groups excluding carboxylic acids is 1. The number of benzene rings is 1. The first-order valence-electron chi connectivity index (χ1n) is 10.2. The van der Waals surface area contributed by atoms with Crippen molar-refractivity contribution in [3.8, 4) is 5.75 Å². The van der Waals surface area contributed by atoms with E-state index in [0.717, 1.165) is 66.9 Å². The molecule has 7 heteroatoms. The van der Waals surface area contributed by atoms with Gasteiger partial charge in [0.05, 0.1) is 5.69 Å². The molecule has 0 radical (unpaired) electrons. The highest BCUT2D eigenvalue weighted by Gasteiger charge is 2.21. The number of piperazine rings is 1. The van der Waals surface area contributed by atoms with E-state index in [-0.39, 0.29) is 5.91 Å². The fourth-order valence-electron chi connectivity index (χ4n) is 3.85. The second-order valence-electron chi connectivity index (χ2n) is 7.75. The summed E-state index contributed by atoms with van der Waals surface area (Å²) in [6.45, 7) is 10.9. The number of carbonyl (C=O) groups is 1. The third-order valence-electron chi connectivity index (χ3n) is 5.77. The fraction of sp³-hybridized carbons (Fsp3) is 0.545. The standard InChI is InChI=1S/C22H31ClN4O2/c1-16-15-19(23)5-7-21(16)29-14-13-26-9-11-27(12-10-26)22(28)8-6-20-17(2)24-25(4)18(20)3/h5,7,15H,6,8-14H2,1-4H3. The number of nitrogens with zero attached hydrogens (tertiary/aromatic N) is 4. The summed E-state index contributed by atoms with van der Waals surface area (Å²) in [5, 5.41) is 5.16. The Morgan fingerprint density at radius 3 is 2.52 bits per heavy atom. The van der Waals surface area contributed by atoms with Crippen molar-refractivity contribution < 1.29 is 9.53 Å². The van der Waals surface area contributed by atoms with E-state index in [1.807, 2.05) is 48.7 Å². The lowest BCUT2D eigenvalue weighted by Crippen LogP contribution is -2.49. The number of hydrogen-bond acceptors (Lipinski definition) is 4. The van der Waals surface area contributed by atoms with Crippen LogP contribution in [0.4, 0.5) is 0 Å². The number of ether oxygens (including phenoxy) is 1. The van der Waals surface area contributed by atoms with Crippen molar-refractivity contribution in [3.05, 3.63) is 45.7 Å². The summed E-state index contributed by atoms with van der Waals surface area (Å²) in [7, 11) is 1.95. The van der Waals surface area contributed by atoms with Crippen LogP contribution in [-0.2, 0) is 18.3 Å². The Labute approximate surface area is 178 Å². The van der Waals surface area contributed by atoms with Crippen LogP contribution in [0.2, 0.25) is 5.02 Å². The van der Waals surface area contributed by atoms with Gasteiger partial charge in [0.2, 0.25) is 5.91 Å². The minimum Gasteiger partial charge on any atom is -0.492 e. The lowest BCUT2D eigenvalue weighted by molar-refractivity contribution is -0.132. The largest absolute Gasteiger partial charge is 0.492 e. The molecule has 0 N–H and O–H groups in total. The smallest absolute Gasteiger partial charge is 0.222 e. The minimum absolute atomic E-state index is 0.236. The van der Waals surface area contributed by atoms with Gasteiger partial charge in [-0.3, -0.25) is 14.4 Å². The summed E-state index contributed by atoms with van der Waals surface area (Å²) in [6.07, 6.45) is 1.31. The van der Waals surface area contributed by atoms with Gasteiger partial charge in [-0.05, 0) is 56.5 Å². The van der Waals surface area contributed by atoms with E-state index in [9.17, 15) is 4.79 Å². The molecule has 1 aromatic heterocycles. The molecule has 1 amide bonds. The molecule has 2 heterocycles. The van der Waals surface area contributed by atoms with Crippen molar-refractivity contribution in [2.45, 2.75) is 33.6 Å². The molecule has 0 saturated carbocycles. The molecule has 0 bridgehead atoms. The molecule has 1 aliphatic rings. The highest BCUT2D eigenvalue weighted by Crippen LogP contribution is 2.21. The van der Waals surface area contributed by atoms with Crippen LogP contribution >= 0.6 is 11.6 Å². The van der Waals surface area contributed by atoms with Crippen LogP contribution < -0.4 is 4.74 Å². The van der Waals surface area contributed by atoms with E-state index in [1.165, 1.54) is 5.56 Å². The zero-order chi connectivity index (χ0) is 21.0. The lowest BCUT2D eigenvalue weighted by atomic mass is 10.1. The maximum atomic E-state index is 12.6. The Morgan fingerprint density at radius 1 is 1.17 bits per heavy atom. The Morgan fingerprint density at radius 2 is 1.90 bits per heavy atom. The van der Waals surface area contributed by atoms with Gasteiger partial charge < -0.3 is 9.64 Å². The second kappa shape index (κ2) is 9.63. The zero-order valence-electron chi connectivity index (χ0n) is 17.9. The van der Waals surface area contributed by atoms with Gasteiger partial charge in [0.25, 0.3) is 0 Å². The molecule has 1 fully saturated rings. The number of aromatic nitrogens is 2. The highest BCUT2D eigenvalue weighted by molar-refractivity contribution is 6.30. The summed E-state index contributed by atoms with van der Waals surface area (Å²) in [4.78, 5) is 17.0. The molecular formula is C22H31ClN4O2. The average molecular weight is 419 g/mol. The number of hydrogen-bond donors (Lipinski definition) is 0. The molecule has 0 atom stereocenters. The normalized spacial score (nSPS) is 15.0. The van der Waals surface area contributed by atoms with Crippen LogP contribution in [-0.4, -0.2) is 64.8 Å². The quantitative estimate of drug-likeness (QED) is 0.693. The third-order valence-corrected chi connectivity index (χ3v) is 6.01. The number of aryl methyl sites for hydroxylation is 3. The van der Waals surface area contributed by atoms with Crippen LogP contribution in [0.15, 0.2) is 18.2 Å². The first-order chi connectivity index (χ1) is 13.8. The topological polar surface area (TPSA) is 50.6 Å². The van der Waals surface area contributed by atoms with Crippen molar-refractivity contribution in [2.24, 2.45) is 7.05 Å². The zero-order valence-corrected chi connectivity index (χ0v) is 18.6. The van der Waals surface area contributed by atoms with Crippen LogP contribution in [0.5, 0.6) is 5.75 Å². The molecule has 0 unspecified atom stereocenters. The first-order valence-corrected chi connectivity index (χ1v) is 10.6. The van der Waals surface area contributed by atoms with Crippen LogP contribution in [0, 0.1) is 20.8 Å². The molecule has 0 spiro atoms. The molecule has 1 aliphatic heterocycles. The molecule has 29 heavy (non-hydrogen) atoms. The summed E-state index contributed by atoms with van der Waals surface area (Å²) < 4.78 is 7.78. The maximum Gasteiger partial charge on any atom is 0.222 e. The molecule has 1 aromatic carbocycles. The predicted octanol–water partition coefficient (Wildman–Crippen LogP) is 3.15. The Hall–Kier alpha value is -2.05. The van der Waals surface area contributed by atoms with E-state index < -0.39 is 0 Å². The summed E-state index contributed by atoms with van der Waals surface area (Å²) in [5.41, 5.74) is 4.43. The Kier molecular flexibility index (Phi) is 7.19. The van der Waals surface area contributed by atoms with Crippen LogP contribution in [0.3, 0.4) is 0 Å². The second-order valence-corrected chi connectivity index (χ2v) is 8.19. The number of rotatable bonds is 7. The van der Waals surface area contributed by atoms with Gasteiger partial charge in [0.1, 0.15) is 12.4 Å².